The van der Waals surface area contributed by atoms with E-state index >= 15 is 0 Å². The summed E-state index contributed by atoms with van der Waals surface area (Å²) in [5.41, 5.74) is 0. The van der Waals surface area contributed by atoms with E-state index < -0.39 is 0 Å². The van der Waals surface area contributed by atoms with Crippen LogP contribution in [-0.4, -0.2) is 12.1 Å². The molecule has 4 rings (SSSR count). The third-order valence-corrected chi connectivity index (χ3v) is 3.69. The minimum atomic E-state index is -0.0896. The second-order valence-electron chi connectivity index (χ2n) is 4.21. The smallest absolute Gasteiger partial charge is 0.302 e. The van der Waals surface area contributed by atoms with Crippen molar-refractivity contribution >= 4 is 5.97 Å². The lowest BCUT2D eigenvalue weighted by molar-refractivity contribution is -0.148. The zero-order valence-electron chi connectivity index (χ0n) is 6.62. The van der Waals surface area contributed by atoms with Crippen LogP contribution in [-0.2, 0) is 9.53 Å². The van der Waals surface area contributed by atoms with Crippen LogP contribution in [0.2, 0.25) is 0 Å². The predicted molar refractivity (Wildman–Crippen MR) is 38.7 cm³/mol. The van der Waals surface area contributed by atoms with Gasteiger partial charge >= 0.3 is 5.97 Å². The highest BCUT2D eigenvalue weighted by Gasteiger charge is 2.69. The SMILES string of the molecule is CC(=O)O[C@H]1C2C[C@H]3C1[C@@H]3C2. The molecule has 0 radical (unpaired) electrons. The van der Waals surface area contributed by atoms with Crippen LogP contribution in [0, 0.1) is 23.7 Å². The third-order valence-electron chi connectivity index (χ3n) is 3.69. The van der Waals surface area contributed by atoms with Gasteiger partial charge < -0.3 is 4.74 Å². The van der Waals surface area contributed by atoms with Crippen molar-refractivity contribution < 1.29 is 9.53 Å². The Morgan fingerprint density at radius 3 is 2.36 bits per heavy atom. The summed E-state index contributed by atoms with van der Waals surface area (Å²) in [5, 5.41) is 0. The molecule has 0 aromatic carbocycles. The van der Waals surface area contributed by atoms with Crippen molar-refractivity contribution in [3.63, 3.8) is 0 Å². The fraction of sp³-hybridized carbons (Fsp3) is 0.889. The van der Waals surface area contributed by atoms with Gasteiger partial charge in [-0.15, -0.1) is 0 Å². The molecule has 0 aliphatic heterocycles. The van der Waals surface area contributed by atoms with Gasteiger partial charge in [0.2, 0.25) is 0 Å². The van der Waals surface area contributed by atoms with Gasteiger partial charge in [-0.1, -0.05) is 0 Å². The lowest BCUT2D eigenvalue weighted by atomic mass is 10.1. The number of carbonyl (C=O) groups excluding carboxylic acids is 1. The van der Waals surface area contributed by atoms with E-state index in [0.29, 0.717) is 6.10 Å². The lowest BCUT2D eigenvalue weighted by Crippen LogP contribution is -2.19. The summed E-state index contributed by atoms with van der Waals surface area (Å²) in [6.07, 6.45) is 3.00. The first kappa shape index (κ1) is 6.04. The Kier molecular flexibility index (Phi) is 0.890. The van der Waals surface area contributed by atoms with E-state index in [4.69, 9.17) is 4.74 Å². The second-order valence-corrected chi connectivity index (χ2v) is 4.21. The van der Waals surface area contributed by atoms with Crippen LogP contribution in [0.3, 0.4) is 0 Å². The summed E-state index contributed by atoms with van der Waals surface area (Å²) < 4.78 is 5.28. The van der Waals surface area contributed by atoms with Crippen molar-refractivity contribution in [2.24, 2.45) is 23.7 Å². The van der Waals surface area contributed by atoms with E-state index in [0.717, 1.165) is 23.7 Å². The van der Waals surface area contributed by atoms with Gasteiger partial charge in [-0.2, -0.15) is 0 Å². The first-order chi connectivity index (χ1) is 5.27. The molecule has 11 heavy (non-hydrogen) atoms. The topological polar surface area (TPSA) is 26.3 Å². The number of carbonyl (C=O) groups is 1. The van der Waals surface area contributed by atoms with E-state index in [2.05, 4.69) is 0 Å². The molecule has 0 heterocycles. The summed E-state index contributed by atoms with van der Waals surface area (Å²) in [5.74, 6) is 3.32. The first-order valence-corrected chi connectivity index (χ1v) is 4.44. The molecule has 60 valence electrons. The Hall–Kier alpha value is -0.530. The van der Waals surface area contributed by atoms with Gasteiger partial charge in [0.25, 0.3) is 0 Å². The van der Waals surface area contributed by atoms with Gasteiger partial charge in [0.05, 0.1) is 0 Å². The highest BCUT2D eigenvalue weighted by atomic mass is 16.5. The standard InChI is InChI=1S/C9H12O2/c1-4(10)11-9-5-2-6-7(3-5)8(6)9/h5-9H,2-3H2,1H3/t5?,6-,7-,8?,9+/m1/s1. The molecule has 0 amide bonds. The molecule has 0 unspecified atom stereocenters. The molecule has 0 aromatic rings. The molecule has 4 saturated carbocycles. The highest BCUT2D eigenvalue weighted by Crippen LogP contribution is 2.71. The van der Waals surface area contributed by atoms with Crippen LogP contribution in [0.4, 0.5) is 0 Å². The molecule has 3 atom stereocenters. The number of ether oxygens (including phenoxy) is 1. The molecule has 2 heteroatoms. The molecule has 4 aliphatic rings. The molecule has 4 bridgehead atoms. The molecule has 0 spiro atoms. The van der Waals surface area contributed by atoms with E-state index in [-0.39, 0.29) is 5.97 Å². The average Bonchev–Trinajstić information content (AvgIpc) is 2.30. The second kappa shape index (κ2) is 1.62. The zero-order valence-corrected chi connectivity index (χ0v) is 6.62. The van der Waals surface area contributed by atoms with Gasteiger partial charge in [0, 0.05) is 12.8 Å². The Bertz CT molecular complexity index is 210. The van der Waals surface area contributed by atoms with Crippen LogP contribution in [0.5, 0.6) is 0 Å². The first-order valence-electron chi connectivity index (χ1n) is 4.44. The quantitative estimate of drug-likeness (QED) is 0.528. The Morgan fingerprint density at radius 2 is 2.00 bits per heavy atom. The number of hydrogen-bond acceptors (Lipinski definition) is 2. The predicted octanol–water partition coefficient (Wildman–Crippen LogP) is 1.20. The van der Waals surface area contributed by atoms with Crippen molar-refractivity contribution in [1.29, 1.82) is 0 Å². The Labute approximate surface area is 65.9 Å². The average molecular weight is 152 g/mol. The molecule has 0 saturated heterocycles. The van der Waals surface area contributed by atoms with Crippen LogP contribution < -0.4 is 0 Å². The van der Waals surface area contributed by atoms with Gasteiger partial charge in [-0.25, -0.2) is 0 Å². The third kappa shape index (κ3) is 0.608. The molecular formula is C9H12O2. The molecule has 0 aromatic heterocycles. The minimum absolute atomic E-state index is 0.0896. The van der Waals surface area contributed by atoms with E-state index in [1.54, 1.807) is 0 Å². The van der Waals surface area contributed by atoms with Gasteiger partial charge in [0.15, 0.2) is 0 Å². The fourth-order valence-corrected chi connectivity index (χ4v) is 3.37. The fourth-order valence-electron chi connectivity index (χ4n) is 3.37. The van der Waals surface area contributed by atoms with E-state index in [1.807, 2.05) is 0 Å². The van der Waals surface area contributed by atoms with Crippen LogP contribution in [0.25, 0.3) is 0 Å². The van der Waals surface area contributed by atoms with E-state index in [9.17, 15) is 4.79 Å². The monoisotopic (exact) mass is 152 g/mol. The van der Waals surface area contributed by atoms with Crippen LogP contribution in [0.15, 0.2) is 0 Å². The number of rotatable bonds is 1. The Balaban J connectivity index is 1.77. The molecule has 4 fully saturated rings. The van der Waals surface area contributed by atoms with Crippen molar-refractivity contribution in [3.05, 3.63) is 0 Å². The van der Waals surface area contributed by atoms with Gasteiger partial charge in [0.1, 0.15) is 6.10 Å². The van der Waals surface area contributed by atoms with Crippen molar-refractivity contribution in [2.75, 3.05) is 0 Å². The Morgan fingerprint density at radius 1 is 1.36 bits per heavy atom. The summed E-state index contributed by atoms with van der Waals surface area (Å²) in [6, 6.07) is 0. The normalized spacial score (nSPS) is 56.3. The maximum Gasteiger partial charge on any atom is 0.302 e. The van der Waals surface area contributed by atoms with Crippen LogP contribution in [0.1, 0.15) is 19.8 Å². The maximum atomic E-state index is 10.7. The van der Waals surface area contributed by atoms with Crippen molar-refractivity contribution in [2.45, 2.75) is 25.9 Å². The van der Waals surface area contributed by atoms with Gasteiger partial charge in [-0.3, -0.25) is 4.79 Å². The molecular weight excluding hydrogens is 140 g/mol. The molecule has 2 nitrogen and oxygen atoms in total. The summed E-state index contributed by atoms with van der Waals surface area (Å²) in [7, 11) is 0. The van der Waals surface area contributed by atoms with Gasteiger partial charge in [-0.05, 0) is 30.6 Å². The van der Waals surface area contributed by atoms with Crippen molar-refractivity contribution in [3.8, 4) is 0 Å². The molecule has 0 N–H and O–H groups in total. The highest BCUT2D eigenvalue weighted by molar-refractivity contribution is 5.66. The molecule has 4 aliphatic carbocycles. The van der Waals surface area contributed by atoms with Crippen LogP contribution >= 0.6 is 0 Å². The lowest BCUT2D eigenvalue weighted by Gasteiger charge is -2.13. The van der Waals surface area contributed by atoms with E-state index in [1.165, 1.54) is 19.8 Å². The largest absolute Gasteiger partial charge is 0.462 e. The van der Waals surface area contributed by atoms with Crippen molar-refractivity contribution in [1.82, 2.24) is 0 Å². The number of esters is 1. The number of hydrogen-bond donors (Lipinski definition) is 0. The summed E-state index contributed by atoms with van der Waals surface area (Å²) >= 11 is 0. The minimum Gasteiger partial charge on any atom is -0.462 e. The maximum absolute atomic E-state index is 10.7. The summed E-state index contributed by atoms with van der Waals surface area (Å²) in [4.78, 5) is 10.7. The summed E-state index contributed by atoms with van der Waals surface area (Å²) in [6.45, 7) is 1.52. The zero-order chi connectivity index (χ0) is 7.59.